The Labute approximate surface area is 110 Å². The van der Waals surface area contributed by atoms with Gasteiger partial charge in [-0.25, -0.2) is 4.39 Å². The number of aromatic nitrogens is 1. The largest absolute Gasteiger partial charge is 0.424 e. The molecule has 1 N–H and O–H groups in total. The Hall–Kier alpha value is -2.36. The number of anilines is 1. The van der Waals surface area contributed by atoms with Crippen molar-refractivity contribution in [3.8, 4) is 0 Å². The number of rotatable bonds is 3. The number of halogens is 1. The fourth-order valence-corrected chi connectivity index (χ4v) is 1.97. The number of hydrogen-bond donors (Lipinski definition) is 1. The van der Waals surface area contributed by atoms with Gasteiger partial charge >= 0.3 is 0 Å². The topological polar surface area (TPSA) is 38.1 Å². The molecule has 2 aromatic carbocycles. The lowest BCUT2D eigenvalue weighted by Crippen LogP contribution is -2.06. The van der Waals surface area contributed by atoms with Crippen molar-refractivity contribution in [1.82, 2.24) is 4.98 Å². The van der Waals surface area contributed by atoms with E-state index in [9.17, 15) is 4.39 Å². The molecule has 3 aromatic rings. The van der Waals surface area contributed by atoms with Crippen LogP contribution in [-0.4, -0.2) is 4.98 Å². The van der Waals surface area contributed by atoms with Crippen LogP contribution in [0, 0.1) is 5.82 Å². The predicted molar refractivity (Wildman–Crippen MR) is 72.4 cm³/mol. The molecule has 0 spiro atoms. The molecule has 4 heteroatoms. The van der Waals surface area contributed by atoms with Crippen molar-refractivity contribution in [3.63, 3.8) is 0 Å². The van der Waals surface area contributed by atoms with Crippen LogP contribution in [0.2, 0.25) is 0 Å². The number of nitrogens with zero attached hydrogens (tertiary/aromatic N) is 1. The van der Waals surface area contributed by atoms with Crippen molar-refractivity contribution in [2.24, 2.45) is 0 Å². The summed E-state index contributed by atoms with van der Waals surface area (Å²) in [4.78, 5) is 4.22. The fourth-order valence-electron chi connectivity index (χ4n) is 1.97. The molecule has 1 atom stereocenters. The Bertz CT molecular complexity index is 694. The summed E-state index contributed by atoms with van der Waals surface area (Å²) in [6.45, 7) is 2.02. The summed E-state index contributed by atoms with van der Waals surface area (Å²) in [5, 5.41) is 3.17. The molecule has 0 aliphatic carbocycles. The molecule has 0 bridgehead atoms. The van der Waals surface area contributed by atoms with Crippen LogP contribution in [0.25, 0.3) is 11.1 Å². The zero-order chi connectivity index (χ0) is 13.2. The first-order chi connectivity index (χ1) is 9.22. The van der Waals surface area contributed by atoms with Crippen LogP contribution < -0.4 is 5.32 Å². The van der Waals surface area contributed by atoms with Crippen molar-refractivity contribution in [2.75, 3.05) is 5.32 Å². The molecule has 1 heterocycles. The smallest absolute Gasteiger partial charge is 0.296 e. The fraction of sp³-hybridized carbons (Fsp3) is 0.133. The second-order valence-electron chi connectivity index (χ2n) is 4.41. The van der Waals surface area contributed by atoms with Crippen molar-refractivity contribution in [1.29, 1.82) is 0 Å². The molecular weight excluding hydrogens is 243 g/mol. The third-order valence-corrected chi connectivity index (χ3v) is 2.99. The van der Waals surface area contributed by atoms with Crippen LogP contribution in [0.1, 0.15) is 18.5 Å². The van der Waals surface area contributed by atoms with Gasteiger partial charge in [-0.3, -0.25) is 0 Å². The van der Waals surface area contributed by atoms with Gasteiger partial charge in [0.15, 0.2) is 5.58 Å². The van der Waals surface area contributed by atoms with E-state index in [-0.39, 0.29) is 11.9 Å². The molecule has 0 aliphatic rings. The Kier molecular flexibility index (Phi) is 2.91. The average molecular weight is 256 g/mol. The van der Waals surface area contributed by atoms with E-state index < -0.39 is 0 Å². The third kappa shape index (κ3) is 2.42. The van der Waals surface area contributed by atoms with Gasteiger partial charge in [-0.1, -0.05) is 30.3 Å². The Morgan fingerprint density at radius 1 is 1.16 bits per heavy atom. The first kappa shape index (κ1) is 11.7. The van der Waals surface area contributed by atoms with E-state index in [0.29, 0.717) is 17.1 Å². The summed E-state index contributed by atoms with van der Waals surface area (Å²) in [5.74, 6) is -0.316. The maximum Gasteiger partial charge on any atom is 0.296 e. The van der Waals surface area contributed by atoms with E-state index in [2.05, 4.69) is 10.3 Å². The lowest BCUT2D eigenvalue weighted by molar-refractivity contribution is 0.601. The predicted octanol–water partition coefficient (Wildman–Crippen LogP) is 4.14. The normalized spacial score (nSPS) is 12.5. The Morgan fingerprint density at radius 3 is 2.74 bits per heavy atom. The van der Waals surface area contributed by atoms with Gasteiger partial charge in [-0.05, 0) is 24.6 Å². The van der Waals surface area contributed by atoms with Gasteiger partial charge in [-0.2, -0.15) is 4.98 Å². The Morgan fingerprint density at radius 2 is 1.95 bits per heavy atom. The average Bonchev–Trinajstić information content (AvgIpc) is 2.81. The molecule has 0 radical (unpaired) electrons. The number of benzene rings is 2. The molecule has 0 saturated heterocycles. The highest BCUT2D eigenvalue weighted by molar-refractivity contribution is 5.74. The van der Waals surface area contributed by atoms with Gasteiger partial charge in [-0.15, -0.1) is 0 Å². The summed E-state index contributed by atoms with van der Waals surface area (Å²) in [7, 11) is 0. The van der Waals surface area contributed by atoms with Gasteiger partial charge in [0.05, 0.1) is 6.04 Å². The van der Waals surface area contributed by atoms with E-state index in [1.54, 1.807) is 6.07 Å². The lowest BCUT2D eigenvalue weighted by Gasteiger charge is -2.11. The van der Waals surface area contributed by atoms with Crippen molar-refractivity contribution >= 4 is 17.1 Å². The van der Waals surface area contributed by atoms with E-state index in [1.165, 1.54) is 12.1 Å². The summed E-state index contributed by atoms with van der Waals surface area (Å²) in [5.41, 5.74) is 2.22. The van der Waals surface area contributed by atoms with Gasteiger partial charge in [0.2, 0.25) is 0 Å². The Balaban J connectivity index is 1.85. The molecule has 3 rings (SSSR count). The van der Waals surface area contributed by atoms with Crippen LogP contribution in [0.15, 0.2) is 52.9 Å². The van der Waals surface area contributed by atoms with Crippen LogP contribution in [0.4, 0.5) is 10.4 Å². The zero-order valence-electron chi connectivity index (χ0n) is 10.4. The maximum absolute atomic E-state index is 13.1. The monoisotopic (exact) mass is 256 g/mol. The van der Waals surface area contributed by atoms with Gasteiger partial charge in [0.1, 0.15) is 11.3 Å². The van der Waals surface area contributed by atoms with Crippen LogP contribution in [0.5, 0.6) is 0 Å². The summed E-state index contributed by atoms with van der Waals surface area (Å²) >= 11 is 0. The first-order valence-corrected chi connectivity index (χ1v) is 6.10. The summed E-state index contributed by atoms with van der Waals surface area (Å²) in [6, 6.07) is 14.8. The van der Waals surface area contributed by atoms with E-state index in [1.807, 2.05) is 37.3 Å². The standard InChI is InChI=1S/C15H13FN2O/c1-10(11-5-3-2-4-6-11)17-15-18-13-9-12(16)7-8-14(13)19-15/h2-10H,1H3,(H,17,18). The second kappa shape index (κ2) is 4.72. The lowest BCUT2D eigenvalue weighted by atomic mass is 10.1. The number of hydrogen-bond acceptors (Lipinski definition) is 3. The molecule has 1 aromatic heterocycles. The van der Waals surface area contributed by atoms with Crippen molar-refractivity contribution in [3.05, 3.63) is 59.9 Å². The molecule has 3 nitrogen and oxygen atoms in total. The molecule has 0 aliphatic heterocycles. The highest BCUT2D eigenvalue weighted by Crippen LogP contribution is 2.23. The molecule has 96 valence electrons. The number of oxazole rings is 1. The number of fused-ring (bicyclic) bond motifs is 1. The minimum absolute atomic E-state index is 0.0686. The maximum atomic E-state index is 13.1. The summed E-state index contributed by atoms with van der Waals surface area (Å²) in [6.07, 6.45) is 0. The molecule has 0 saturated carbocycles. The molecule has 0 amide bonds. The van der Waals surface area contributed by atoms with Gasteiger partial charge in [0, 0.05) is 6.07 Å². The highest BCUT2D eigenvalue weighted by atomic mass is 19.1. The van der Waals surface area contributed by atoms with Crippen LogP contribution in [0.3, 0.4) is 0 Å². The molecular formula is C15H13FN2O. The first-order valence-electron chi connectivity index (χ1n) is 6.10. The summed E-state index contributed by atoms with van der Waals surface area (Å²) < 4.78 is 18.6. The highest BCUT2D eigenvalue weighted by Gasteiger charge is 2.10. The SMILES string of the molecule is CC(Nc1nc2cc(F)ccc2o1)c1ccccc1. The van der Waals surface area contributed by atoms with Crippen molar-refractivity contribution < 1.29 is 8.81 Å². The van der Waals surface area contributed by atoms with E-state index >= 15 is 0 Å². The minimum Gasteiger partial charge on any atom is -0.424 e. The van der Waals surface area contributed by atoms with Gasteiger partial charge in [0.25, 0.3) is 6.01 Å². The van der Waals surface area contributed by atoms with E-state index in [0.717, 1.165) is 5.56 Å². The minimum atomic E-state index is -0.316. The molecule has 0 fully saturated rings. The van der Waals surface area contributed by atoms with Crippen molar-refractivity contribution in [2.45, 2.75) is 13.0 Å². The van der Waals surface area contributed by atoms with Gasteiger partial charge < -0.3 is 9.73 Å². The van der Waals surface area contributed by atoms with E-state index in [4.69, 9.17) is 4.42 Å². The second-order valence-corrected chi connectivity index (χ2v) is 4.41. The van der Waals surface area contributed by atoms with Crippen LogP contribution in [-0.2, 0) is 0 Å². The molecule has 1 unspecified atom stereocenters. The zero-order valence-corrected chi connectivity index (χ0v) is 10.4. The molecule has 19 heavy (non-hydrogen) atoms. The number of nitrogens with one attached hydrogen (secondary N) is 1. The third-order valence-electron chi connectivity index (χ3n) is 2.99. The quantitative estimate of drug-likeness (QED) is 0.765. The van der Waals surface area contributed by atoms with Crippen LogP contribution >= 0.6 is 0 Å².